The standard InChI is InChI=1S/C30H50F6O3Si2/c1-25(2,38-40(5,6)7)17-12-18-26(3,24-16-15-22-23(37)14-11-20-27(22,24)4)19-13-21-28(29(31,32)33,30(34,35)36)39-41(8,9)10/h22,24H,11-12,14-20H2,1-10H3. The van der Waals surface area contributed by atoms with Crippen molar-refractivity contribution in [2.75, 3.05) is 0 Å². The molecule has 4 atom stereocenters. The number of carbonyl (C=O) groups is 1. The predicted molar refractivity (Wildman–Crippen MR) is 155 cm³/mol. The zero-order valence-corrected chi connectivity index (χ0v) is 28.5. The van der Waals surface area contributed by atoms with Gasteiger partial charge in [-0.15, -0.1) is 0 Å². The Morgan fingerprint density at radius 2 is 1.41 bits per heavy atom. The summed E-state index contributed by atoms with van der Waals surface area (Å²) in [6.07, 6.45) is -6.24. The van der Waals surface area contributed by atoms with Crippen molar-refractivity contribution in [3.63, 3.8) is 0 Å². The van der Waals surface area contributed by atoms with E-state index < -0.39 is 45.6 Å². The topological polar surface area (TPSA) is 35.5 Å². The number of hydrogen-bond acceptors (Lipinski definition) is 3. The van der Waals surface area contributed by atoms with Gasteiger partial charge in [-0.25, -0.2) is 0 Å². The molecule has 0 aliphatic heterocycles. The van der Waals surface area contributed by atoms with Gasteiger partial charge in [-0.2, -0.15) is 26.3 Å². The number of carbonyl (C=O) groups excluding carboxylic acids is 1. The molecule has 2 rings (SSSR count). The average molecular weight is 629 g/mol. The van der Waals surface area contributed by atoms with Crippen LogP contribution in [0.5, 0.6) is 0 Å². The summed E-state index contributed by atoms with van der Waals surface area (Å²) in [5.74, 6) is 4.03. The summed E-state index contributed by atoms with van der Waals surface area (Å²) in [5, 5.41) is 0. The van der Waals surface area contributed by atoms with Crippen LogP contribution in [0.4, 0.5) is 26.3 Å². The summed E-state index contributed by atoms with van der Waals surface area (Å²) in [4.78, 5) is 12.8. The van der Waals surface area contributed by atoms with Gasteiger partial charge in [-0.05, 0) is 114 Å². The van der Waals surface area contributed by atoms with Gasteiger partial charge in [0.15, 0.2) is 16.6 Å². The molecule has 41 heavy (non-hydrogen) atoms. The Balaban J connectivity index is 2.51. The molecule has 4 unspecified atom stereocenters. The monoisotopic (exact) mass is 628 g/mol. The first-order chi connectivity index (χ1) is 18.2. The van der Waals surface area contributed by atoms with Gasteiger partial charge in [0.2, 0.25) is 0 Å². The van der Waals surface area contributed by atoms with E-state index in [2.05, 4.69) is 32.5 Å². The van der Waals surface area contributed by atoms with Gasteiger partial charge in [0, 0.05) is 18.8 Å². The van der Waals surface area contributed by atoms with E-state index in [9.17, 15) is 31.1 Å². The Kier molecular flexibility index (Phi) is 10.6. The molecule has 2 fully saturated rings. The zero-order valence-electron chi connectivity index (χ0n) is 26.5. The molecule has 0 aromatic heterocycles. The van der Waals surface area contributed by atoms with E-state index in [1.165, 1.54) is 19.6 Å². The highest BCUT2D eigenvalue weighted by Crippen LogP contribution is 2.61. The van der Waals surface area contributed by atoms with Crippen LogP contribution in [-0.2, 0) is 13.6 Å². The van der Waals surface area contributed by atoms with Crippen molar-refractivity contribution in [1.82, 2.24) is 0 Å². The maximum atomic E-state index is 14.1. The maximum absolute atomic E-state index is 14.1. The van der Waals surface area contributed by atoms with E-state index in [1.54, 1.807) is 5.92 Å². The van der Waals surface area contributed by atoms with Gasteiger partial charge >= 0.3 is 18.0 Å². The molecule has 0 aromatic rings. The molecule has 11 heteroatoms. The van der Waals surface area contributed by atoms with Crippen LogP contribution < -0.4 is 0 Å². The fourth-order valence-electron chi connectivity index (χ4n) is 7.53. The van der Waals surface area contributed by atoms with Gasteiger partial charge < -0.3 is 8.85 Å². The van der Waals surface area contributed by atoms with Gasteiger partial charge in [-0.1, -0.05) is 26.2 Å². The number of rotatable bonds is 10. The van der Waals surface area contributed by atoms with Crippen molar-refractivity contribution in [3.8, 4) is 11.8 Å². The molecular weight excluding hydrogens is 578 g/mol. The van der Waals surface area contributed by atoms with Crippen LogP contribution in [0.1, 0.15) is 85.5 Å². The molecule has 0 aromatic carbocycles. The predicted octanol–water partition coefficient (Wildman–Crippen LogP) is 9.69. The SMILES string of the molecule is CC(C)(CCCC(C)(CC#CC(O[Si](C)(C)C)(C(F)(F)F)C(F)(F)F)C1CCC2C(=O)CCCC21C)O[Si](C)(C)C. The maximum Gasteiger partial charge on any atom is 0.437 e. The number of fused-ring (bicyclic) bond motifs is 1. The molecule has 0 bridgehead atoms. The van der Waals surface area contributed by atoms with Crippen LogP contribution in [0, 0.1) is 34.5 Å². The number of alkyl halides is 6. The Morgan fingerprint density at radius 1 is 0.878 bits per heavy atom. The minimum atomic E-state index is -5.76. The third-order valence-corrected chi connectivity index (χ3v) is 10.9. The third kappa shape index (κ3) is 8.63. The molecule has 0 N–H and O–H groups in total. The Hall–Kier alpha value is -0.836. The molecule has 0 amide bonds. The molecule has 0 heterocycles. The highest BCUT2D eigenvalue weighted by molar-refractivity contribution is 6.70. The van der Waals surface area contributed by atoms with Crippen molar-refractivity contribution in [3.05, 3.63) is 0 Å². The van der Waals surface area contributed by atoms with Crippen molar-refractivity contribution >= 4 is 22.4 Å². The van der Waals surface area contributed by atoms with E-state index >= 15 is 0 Å². The minimum absolute atomic E-state index is 0.0522. The molecule has 0 radical (unpaired) electrons. The smallest absolute Gasteiger partial charge is 0.413 e. The largest absolute Gasteiger partial charge is 0.437 e. The van der Waals surface area contributed by atoms with Gasteiger partial charge in [-0.3, -0.25) is 4.79 Å². The second kappa shape index (κ2) is 11.9. The zero-order chi connectivity index (χ0) is 31.9. The molecule has 0 saturated heterocycles. The van der Waals surface area contributed by atoms with E-state index in [0.29, 0.717) is 38.5 Å². The molecule has 2 aliphatic rings. The third-order valence-electron chi connectivity index (χ3n) is 8.83. The molecule has 2 saturated carbocycles. The van der Waals surface area contributed by atoms with Crippen molar-refractivity contribution in [2.24, 2.45) is 22.7 Å². The van der Waals surface area contributed by atoms with E-state index in [1.807, 2.05) is 20.8 Å². The van der Waals surface area contributed by atoms with Crippen LogP contribution in [0.3, 0.4) is 0 Å². The number of ketones is 1. The lowest BCUT2D eigenvalue weighted by Crippen LogP contribution is -2.61. The van der Waals surface area contributed by atoms with Crippen molar-refractivity contribution < 1.29 is 40.0 Å². The Bertz CT molecular complexity index is 985. The van der Waals surface area contributed by atoms with Crippen molar-refractivity contribution in [2.45, 2.75) is 148 Å². The van der Waals surface area contributed by atoms with Crippen LogP contribution in [0.15, 0.2) is 0 Å². The Labute approximate surface area is 245 Å². The molecule has 2 aliphatic carbocycles. The fourth-order valence-corrected chi connectivity index (χ4v) is 10.5. The fraction of sp³-hybridized carbons (Fsp3) is 0.900. The first-order valence-electron chi connectivity index (χ1n) is 14.7. The summed E-state index contributed by atoms with van der Waals surface area (Å²) in [6.45, 7) is 18.2. The van der Waals surface area contributed by atoms with Crippen LogP contribution in [-0.4, -0.2) is 46.0 Å². The lowest BCUT2D eigenvalue weighted by molar-refractivity contribution is -0.336. The lowest BCUT2D eigenvalue weighted by atomic mass is 9.56. The summed E-state index contributed by atoms with van der Waals surface area (Å²) in [7, 11) is -5.17. The molecule has 238 valence electrons. The van der Waals surface area contributed by atoms with Gasteiger partial charge in [0.25, 0.3) is 0 Å². The number of halogens is 6. The van der Waals surface area contributed by atoms with Crippen molar-refractivity contribution in [1.29, 1.82) is 0 Å². The number of Topliss-reactive ketones (excluding diaryl/α,β-unsaturated/α-hetero) is 1. The van der Waals surface area contributed by atoms with Crippen LogP contribution >= 0.6 is 0 Å². The Morgan fingerprint density at radius 3 is 1.90 bits per heavy atom. The second-order valence-corrected chi connectivity index (χ2v) is 24.2. The van der Waals surface area contributed by atoms with E-state index in [4.69, 9.17) is 8.85 Å². The van der Waals surface area contributed by atoms with Gasteiger partial charge in [0.05, 0.1) is 5.60 Å². The highest BCUT2D eigenvalue weighted by Gasteiger charge is 2.73. The summed E-state index contributed by atoms with van der Waals surface area (Å²) < 4.78 is 96.0. The van der Waals surface area contributed by atoms with Crippen LogP contribution in [0.2, 0.25) is 39.3 Å². The first-order valence-corrected chi connectivity index (χ1v) is 21.6. The number of hydrogen-bond donors (Lipinski definition) is 0. The lowest BCUT2D eigenvalue weighted by Gasteiger charge is -2.48. The first kappa shape index (κ1) is 36.4. The van der Waals surface area contributed by atoms with E-state index in [-0.39, 0.29) is 29.5 Å². The summed E-state index contributed by atoms with van der Waals surface area (Å²) in [5.41, 5.74) is -5.99. The molecule has 0 spiro atoms. The highest BCUT2D eigenvalue weighted by atomic mass is 28.4. The minimum Gasteiger partial charge on any atom is -0.413 e. The summed E-state index contributed by atoms with van der Waals surface area (Å²) in [6, 6.07) is 0. The molecular formula is C30H50F6O3Si2. The van der Waals surface area contributed by atoms with E-state index in [0.717, 1.165) is 12.8 Å². The second-order valence-electron chi connectivity index (χ2n) is 15.4. The van der Waals surface area contributed by atoms with Gasteiger partial charge in [0.1, 0.15) is 5.78 Å². The summed E-state index contributed by atoms with van der Waals surface area (Å²) >= 11 is 0. The van der Waals surface area contributed by atoms with Crippen LogP contribution in [0.25, 0.3) is 0 Å². The molecule has 3 nitrogen and oxygen atoms in total. The normalized spacial score (nSPS) is 26.3. The quantitative estimate of drug-likeness (QED) is 0.137. The average Bonchev–Trinajstić information content (AvgIpc) is 3.07.